The number of ether oxygens (including phenoxy) is 2. The maximum Gasteiger partial charge on any atom is 0.257 e. The van der Waals surface area contributed by atoms with Gasteiger partial charge in [-0.1, -0.05) is 0 Å². The zero-order valence-corrected chi connectivity index (χ0v) is 10.2. The van der Waals surface area contributed by atoms with E-state index in [1.807, 2.05) is 0 Å². The fourth-order valence-electron chi connectivity index (χ4n) is 1.33. The SMILES string of the molecule is CNC(=O)COc1cc(OC)ccc1C(C)O. The maximum atomic E-state index is 11.1. The van der Waals surface area contributed by atoms with E-state index in [1.54, 1.807) is 32.2 Å². The number of nitrogens with one attached hydrogen (secondary N) is 1. The van der Waals surface area contributed by atoms with E-state index in [2.05, 4.69) is 5.32 Å². The Morgan fingerprint density at radius 1 is 1.53 bits per heavy atom. The number of amides is 1. The Morgan fingerprint density at radius 3 is 2.76 bits per heavy atom. The van der Waals surface area contributed by atoms with Crippen molar-refractivity contribution in [3.8, 4) is 11.5 Å². The highest BCUT2D eigenvalue weighted by Gasteiger charge is 2.11. The van der Waals surface area contributed by atoms with E-state index in [9.17, 15) is 9.90 Å². The Labute approximate surface area is 100 Å². The second kappa shape index (κ2) is 6.10. The van der Waals surface area contributed by atoms with Crippen LogP contribution >= 0.6 is 0 Å². The monoisotopic (exact) mass is 239 g/mol. The van der Waals surface area contributed by atoms with Gasteiger partial charge in [-0.05, 0) is 19.1 Å². The van der Waals surface area contributed by atoms with Crippen molar-refractivity contribution in [3.63, 3.8) is 0 Å². The van der Waals surface area contributed by atoms with Gasteiger partial charge in [0.05, 0.1) is 13.2 Å². The van der Waals surface area contributed by atoms with Crippen LogP contribution in [0.5, 0.6) is 11.5 Å². The van der Waals surface area contributed by atoms with Crippen molar-refractivity contribution in [2.24, 2.45) is 0 Å². The van der Waals surface area contributed by atoms with E-state index < -0.39 is 6.10 Å². The molecule has 5 heteroatoms. The number of methoxy groups -OCH3 is 1. The first kappa shape index (κ1) is 13.3. The standard InChI is InChI=1S/C12H17NO4/c1-8(14)10-5-4-9(16-3)6-11(10)17-7-12(15)13-2/h4-6,8,14H,7H2,1-3H3,(H,13,15). The zero-order valence-electron chi connectivity index (χ0n) is 10.2. The van der Waals surface area contributed by atoms with Crippen LogP contribution in [0.25, 0.3) is 0 Å². The third-order valence-corrected chi connectivity index (χ3v) is 2.31. The molecule has 0 heterocycles. The summed E-state index contributed by atoms with van der Waals surface area (Å²) in [5.41, 5.74) is 0.620. The summed E-state index contributed by atoms with van der Waals surface area (Å²) < 4.78 is 10.4. The van der Waals surface area contributed by atoms with Crippen LogP contribution in [0.1, 0.15) is 18.6 Å². The van der Waals surface area contributed by atoms with Crippen LogP contribution in [0.3, 0.4) is 0 Å². The first-order valence-corrected chi connectivity index (χ1v) is 5.28. The zero-order chi connectivity index (χ0) is 12.8. The second-order valence-electron chi connectivity index (χ2n) is 3.54. The number of rotatable bonds is 5. The van der Waals surface area contributed by atoms with E-state index in [0.717, 1.165) is 0 Å². The van der Waals surface area contributed by atoms with Crippen molar-refractivity contribution in [2.75, 3.05) is 20.8 Å². The Kier molecular flexibility index (Phi) is 4.78. The summed E-state index contributed by atoms with van der Waals surface area (Å²) in [6.45, 7) is 1.54. The number of aliphatic hydroxyl groups excluding tert-OH is 1. The number of likely N-dealkylation sites (N-methyl/N-ethyl adjacent to an activating group) is 1. The molecule has 1 aromatic carbocycles. The minimum Gasteiger partial charge on any atom is -0.497 e. The number of benzene rings is 1. The van der Waals surface area contributed by atoms with Gasteiger partial charge >= 0.3 is 0 Å². The van der Waals surface area contributed by atoms with Crippen molar-refractivity contribution in [1.29, 1.82) is 0 Å². The second-order valence-corrected chi connectivity index (χ2v) is 3.54. The Balaban J connectivity index is 2.89. The lowest BCUT2D eigenvalue weighted by molar-refractivity contribution is -0.122. The van der Waals surface area contributed by atoms with Crippen LogP contribution < -0.4 is 14.8 Å². The fraction of sp³-hybridized carbons (Fsp3) is 0.417. The van der Waals surface area contributed by atoms with Gasteiger partial charge in [0.2, 0.25) is 0 Å². The van der Waals surface area contributed by atoms with Gasteiger partial charge in [0, 0.05) is 18.7 Å². The largest absolute Gasteiger partial charge is 0.497 e. The quantitative estimate of drug-likeness (QED) is 0.800. The average Bonchev–Trinajstić information content (AvgIpc) is 2.35. The smallest absolute Gasteiger partial charge is 0.257 e. The van der Waals surface area contributed by atoms with Gasteiger partial charge in [0.15, 0.2) is 6.61 Å². The Morgan fingerprint density at radius 2 is 2.24 bits per heavy atom. The molecule has 0 bridgehead atoms. The van der Waals surface area contributed by atoms with Gasteiger partial charge in [-0.2, -0.15) is 0 Å². The molecule has 0 fully saturated rings. The number of hydrogen-bond donors (Lipinski definition) is 2. The van der Waals surface area contributed by atoms with E-state index in [4.69, 9.17) is 9.47 Å². The van der Waals surface area contributed by atoms with Crippen molar-refractivity contribution in [1.82, 2.24) is 5.32 Å². The highest BCUT2D eigenvalue weighted by molar-refractivity contribution is 5.77. The topological polar surface area (TPSA) is 67.8 Å². The van der Waals surface area contributed by atoms with Gasteiger partial charge < -0.3 is 19.9 Å². The molecular formula is C12H17NO4. The first-order valence-electron chi connectivity index (χ1n) is 5.28. The predicted molar refractivity (Wildman–Crippen MR) is 63.2 cm³/mol. The molecule has 0 aliphatic carbocycles. The molecule has 5 nitrogen and oxygen atoms in total. The highest BCUT2D eigenvalue weighted by Crippen LogP contribution is 2.29. The summed E-state index contributed by atoms with van der Waals surface area (Å²) in [5, 5.41) is 12.0. The molecule has 0 aliphatic heterocycles. The van der Waals surface area contributed by atoms with Crippen LogP contribution in [0.2, 0.25) is 0 Å². The lowest BCUT2D eigenvalue weighted by Gasteiger charge is -2.14. The molecular weight excluding hydrogens is 222 g/mol. The number of hydrogen-bond acceptors (Lipinski definition) is 4. The molecule has 1 unspecified atom stereocenters. The highest BCUT2D eigenvalue weighted by atomic mass is 16.5. The van der Waals surface area contributed by atoms with E-state index in [-0.39, 0.29) is 12.5 Å². The molecule has 0 aliphatic rings. The molecule has 2 N–H and O–H groups in total. The molecule has 1 amide bonds. The number of carbonyl (C=O) groups is 1. The summed E-state index contributed by atoms with van der Waals surface area (Å²) >= 11 is 0. The normalized spacial score (nSPS) is 11.8. The molecule has 94 valence electrons. The van der Waals surface area contributed by atoms with Crippen molar-refractivity contribution in [3.05, 3.63) is 23.8 Å². The summed E-state index contributed by atoms with van der Waals surface area (Å²) in [6.07, 6.45) is -0.666. The lowest BCUT2D eigenvalue weighted by Crippen LogP contribution is -2.25. The van der Waals surface area contributed by atoms with E-state index >= 15 is 0 Å². The third-order valence-electron chi connectivity index (χ3n) is 2.31. The van der Waals surface area contributed by atoms with Crippen molar-refractivity contribution in [2.45, 2.75) is 13.0 Å². The number of aliphatic hydroxyl groups is 1. The van der Waals surface area contributed by atoms with Crippen molar-refractivity contribution >= 4 is 5.91 Å². The van der Waals surface area contributed by atoms with Gasteiger partial charge in [-0.15, -0.1) is 0 Å². The lowest BCUT2D eigenvalue weighted by atomic mass is 10.1. The molecule has 1 atom stereocenters. The van der Waals surface area contributed by atoms with E-state index in [1.165, 1.54) is 7.05 Å². The fourth-order valence-corrected chi connectivity index (χ4v) is 1.33. The maximum absolute atomic E-state index is 11.1. The molecule has 1 rings (SSSR count). The van der Waals surface area contributed by atoms with E-state index in [0.29, 0.717) is 17.1 Å². The minimum absolute atomic E-state index is 0.0939. The van der Waals surface area contributed by atoms with Crippen LogP contribution in [-0.4, -0.2) is 31.8 Å². The molecule has 17 heavy (non-hydrogen) atoms. The third kappa shape index (κ3) is 3.64. The van der Waals surface area contributed by atoms with Crippen LogP contribution in [0.15, 0.2) is 18.2 Å². The average molecular weight is 239 g/mol. The minimum atomic E-state index is -0.666. The van der Waals surface area contributed by atoms with Gasteiger partial charge in [0.1, 0.15) is 11.5 Å². The summed E-state index contributed by atoms with van der Waals surface area (Å²) in [6, 6.07) is 5.09. The molecule has 0 radical (unpaired) electrons. The Hall–Kier alpha value is -1.75. The molecule has 0 spiro atoms. The first-order chi connectivity index (χ1) is 8.08. The molecule has 0 saturated heterocycles. The summed E-state index contributed by atoms with van der Waals surface area (Å²) in [4.78, 5) is 11.1. The molecule has 0 saturated carbocycles. The van der Waals surface area contributed by atoms with Crippen molar-refractivity contribution < 1.29 is 19.4 Å². The van der Waals surface area contributed by atoms with Crippen LogP contribution in [0.4, 0.5) is 0 Å². The molecule has 0 aromatic heterocycles. The van der Waals surface area contributed by atoms with Gasteiger partial charge in [0.25, 0.3) is 5.91 Å². The van der Waals surface area contributed by atoms with Gasteiger partial charge in [-0.3, -0.25) is 4.79 Å². The van der Waals surface area contributed by atoms with Gasteiger partial charge in [-0.25, -0.2) is 0 Å². The molecule has 1 aromatic rings. The van der Waals surface area contributed by atoms with Crippen LogP contribution in [-0.2, 0) is 4.79 Å². The summed E-state index contributed by atoms with van der Waals surface area (Å²) in [7, 11) is 3.08. The number of carbonyl (C=O) groups excluding carboxylic acids is 1. The Bertz CT molecular complexity index is 390. The summed E-state index contributed by atoms with van der Waals surface area (Å²) in [5.74, 6) is 0.827. The predicted octanol–water partition coefficient (Wildman–Crippen LogP) is 0.873. The van der Waals surface area contributed by atoms with Crippen LogP contribution in [0, 0.1) is 0 Å².